The number of amides is 1. The summed E-state index contributed by atoms with van der Waals surface area (Å²) in [7, 11) is 5.48. The normalized spacial score (nSPS) is 17.5. The molecule has 1 saturated heterocycles. The van der Waals surface area contributed by atoms with Gasteiger partial charge in [0.2, 0.25) is 0 Å². The summed E-state index contributed by atoms with van der Waals surface area (Å²) in [6.07, 6.45) is 3.34. The average Bonchev–Trinajstić information content (AvgIpc) is 3.04. The quantitative estimate of drug-likeness (QED) is 0.737. The molecule has 152 valence electrons. The van der Waals surface area contributed by atoms with Gasteiger partial charge in [-0.15, -0.1) is 0 Å². The van der Waals surface area contributed by atoms with Crippen molar-refractivity contribution < 1.29 is 9.53 Å². The molecule has 1 atom stereocenters. The number of para-hydroxylation sites is 1. The van der Waals surface area contributed by atoms with Gasteiger partial charge in [-0.25, -0.2) is 0 Å². The summed E-state index contributed by atoms with van der Waals surface area (Å²) in [5.41, 5.74) is 2.79. The van der Waals surface area contributed by atoms with Gasteiger partial charge >= 0.3 is 0 Å². The standard InChI is InChI=1S/C22H32N4O2/c1-17-14-20(23-25(17)3)22(27)24(2)15-18-8-7-12-26(16-18)13-11-19-9-5-6-10-21(19)28-4/h5-6,9-10,14,18H,7-8,11-13,15-16H2,1-4H3/t18-/m1/s1. The van der Waals surface area contributed by atoms with Crippen molar-refractivity contribution in [2.24, 2.45) is 13.0 Å². The smallest absolute Gasteiger partial charge is 0.274 e. The third kappa shape index (κ3) is 4.93. The molecule has 0 N–H and O–H groups in total. The Hall–Kier alpha value is -2.34. The van der Waals surface area contributed by atoms with Crippen LogP contribution >= 0.6 is 0 Å². The van der Waals surface area contributed by atoms with Crippen LogP contribution in [0.1, 0.15) is 34.6 Å². The van der Waals surface area contributed by atoms with Crippen molar-refractivity contribution in [1.82, 2.24) is 19.6 Å². The van der Waals surface area contributed by atoms with Gasteiger partial charge < -0.3 is 14.5 Å². The minimum Gasteiger partial charge on any atom is -0.496 e. The minimum atomic E-state index is 0.00912. The van der Waals surface area contributed by atoms with Crippen molar-refractivity contribution in [1.29, 1.82) is 0 Å². The summed E-state index contributed by atoms with van der Waals surface area (Å²) in [6, 6.07) is 10.1. The minimum absolute atomic E-state index is 0.00912. The molecular weight excluding hydrogens is 352 g/mol. The summed E-state index contributed by atoms with van der Waals surface area (Å²) in [4.78, 5) is 17.0. The van der Waals surface area contributed by atoms with E-state index in [-0.39, 0.29) is 5.91 Å². The number of benzene rings is 1. The summed E-state index contributed by atoms with van der Waals surface area (Å²) in [5, 5.41) is 4.32. The van der Waals surface area contributed by atoms with Crippen LogP contribution in [0.3, 0.4) is 0 Å². The van der Waals surface area contributed by atoms with Crippen molar-refractivity contribution in [3.05, 3.63) is 47.3 Å². The fourth-order valence-corrected chi connectivity index (χ4v) is 4.02. The number of ether oxygens (including phenoxy) is 1. The highest BCUT2D eigenvalue weighted by atomic mass is 16.5. The lowest BCUT2D eigenvalue weighted by atomic mass is 9.97. The number of hydrogen-bond donors (Lipinski definition) is 0. The number of piperidine rings is 1. The van der Waals surface area contributed by atoms with Gasteiger partial charge in [0.25, 0.3) is 5.91 Å². The molecular formula is C22H32N4O2. The summed E-state index contributed by atoms with van der Waals surface area (Å²) >= 11 is 0. The predicted molar refractivity (Wildman–Crippen MR) is 111 cm³/mol. The van der Waals surface area contributed by atoms with E-state index in [0.29, 0.717) is 11.6 Å². The van der Waals surface area contributed by atoms with Crippen LogP contribution < -0.4 is 4.74 Å². The lowest BCUT2D eigenvalue weighted by Crippen LogP contribution is -2.42. The predicted octanol–water partition coefficient (Wildman–Crippen LogP) is 2.76. The number of likely N-dealkylation sites (tertiary alicyclic amines) is 1. The molecule has 0 unspecified atom stereocenters. The van der Waals surface area contributed by atoms with Crippen molar-refractivity contribution in [3.8, 4) is 5.75 Å². The van der Waals surface area contributed by atoms with Crippen LogP contribution in [-0.2, 0) is 13.5 Å². The van der Waals surface area contributed by atoms with Gasteiger partial charge in [-0.05, 0) is 56.3 Å². The van der Waals surface area contributed by atoms with Crippen LogP contribution in [-0.4, -0.2) is 65.8 Å². The molecule has 1 aliphatic heterocycles. The largest absolute Gasteiger partial charge is 0.496 e. The molecule has 1 aromatic carbocycles. The van der Waals surface area contributed by atoms with Crippen LogP contribution in [0.25, 0.3) is 0 Å². The molecule has 2 heterocycles. The fraction of sp³-hybridized carbons (Fsp3) is 0.545. The van der Waals surface area contributed by atoms with Crippen LogP contribution in [0, 0.1) is 12.8 Å². The second kappa shape index (κ2) is 9.24. The molecule has 1 amide bonds. The van der Waals surface area contributed by atoms with Crippen LogP contribution in [0.4, 0.5) is 0 Å². The molecule has 1 aromatic heterocycles. The molecule has 0 radical (unpaired) electrons. The number of methoxy groups -OCH3 is 1. The zero-order valence-corrected chi connectivity index (χ0v) is 17.5. The van der Waals surface area contributed by atoms with E-state index >= 15 is 0 Å². The van der Waals surface area contributed by atoms with Crippen LogP contribution in [0.5, 0.6) is 5.75 Å². The van der Waals surface area contributed by atoms with E-state index in [0.717, 1.165) is 44.0 Å². The number of carbonyl (C=O) groups excluding carboxylic acids is 1. The number of nitrogens with zero attached hydrogens (tertiary/aromatic N) is 4. The van der Waals surface area contributed by atoms with Gasteiger partial charge in [0.1, 0.15) is 5.75 Å². The Morgan fingerprint density at radius 2 is 2.14 bits per heavy atom. The zero-order chi connectivity index (χ0) is 20.1. The van der Waals surface area contributed by atoms with E-state index in [4.69, 9.17) is 4.74 Å². The SMILES string of the molecule is COc1ccccc1CCN1CCC[C@H](CN(C)C(=O)c2cc(C)n(C)n2)C1. The summed E-state index contributed by atoms with van der Waals surface area (Å²) in [6.45, 7) is 5.93. The first-order valence-corrected chi connectivity index (χ1v) is 10.1. The molecule has 1 aliphatic rings. The molecule has 6 heteroatoms. The topological polar surface area (TPSA) is 50.6 Å². The summed E-state index contributed by atoms with van der Waals surface area (Å²) in [5.74, 6) is 1.48. The van der Waals surface area contributed by atoms with Crippen LogP contribution in [0.2, 0.25) is 0 Å². The average molecular weight is 385 g/mol. The molecule has 0 spiro atoms. The zero-order valence-electron chi connectivity index (χ0n) is 17.5. The second-order valence-electron chi connectivity index (χ2n) is 7.85. The Kier molecular flexibility index (Phi) is 6.73. The molecule has 0 saturated carbocycles. The fourth-order valence-electron chi connectivity index (χ4n) is 4.02. The van der Waals surface area contributed by atoms with Gasteiger partial charge in [0.05, 0.1) is 7.11 Å². The van der Waals surface area contributed by atoms with E-state index < -0.39 is 0 Å². The van der Waals surface area contributed by atoms with Crippen molar-refractivity contribution in [2.45, 2.75) is 26.2 Å². The number of rotatable bonds is 7. The van der Waals surface area contributed by atoms with E-state index in [1.165, 1.54) is 18.4 Å². The number of carbonyl (C=O) groups is 1. The Bertz CT molecular complexity index is 782. The van der Waals surface area contributed by atoms with Gasteiger partial charge in [0, 0.05) is 39.4 Å². The molecule has 1 fully saturated rings. The number of aromatic nitrogens is 2. The first-order chi connectivity index (χ1) is 13.5. The van der Waals surface area contributed by atoms with E-state index in [2.05, 4.69) is 22.1 Å². The van der Waals surface area contributed by atoms with E-state index in [9.17, 15) is 4.79 Å². The monoisotopic (exact) mass is 384 g/mol. The third-order valence-corrected chi connectivity index (χ3v) is 5.70. The Morgan fingerprint density at radius 3 is 2.86 bits per heavy atom. The van der Waals surface area contributed by atoms with Crippen molar-refractivity contribution >= 4 is 5.91 Å². The number of aryl methyl sites for hydroxylation is 2. The lowest BCUT2D eigenvalue weighted by molar-refractivity contribution is 0.0724. The van der Waals surface area contributed by atoms with Crippen molar-refractivity contribution in [2.75, 3.05) is 40.3 Å². The molecule has 0 aliphatic carbocycles. The third-order valence-electron chi connectivity index (χ3n) is 5.70. The van der Waals surface area contributed by atoms with Gasteiger partial charge in [-0.1, -0.05) is 18.2 Å². The summed E-state index contributed by atoms with van der Waals surface area (Å²) < 4.78 is 7.22. The molecule has 28 heavy (non-hydrogen) atoms. The molecule has 6 nitrogen and oxygen atoms in total. The maximum absolute atomic E-state index is 12.7. The van der Waals surface area contributed by atoms with Gasteiger partial charge in [-0.2, -0.15) is 5.10 Å². The Balaban J connectivity index is 1.52. The number of hydrogen-bond acceptors (Lipinski definition) is 4. The molecule has 3 rings (SSSR count). The highest BCUT2D eigenvalue weighted by molar-refractivity contribution is 5.92. The molecule has 2 aromatic rings. The van der Waals surface area contributed by atoms with Gasteiger partial charge in [-0.3, -0.25) is 9.48 Å². The van der Waals surface area contributed by atoms with Crippen molar-refractivity contribution in [3.63, 3.8) is 0 Å². The maximum atomic E-state index is 12.7. The maximum Gasteiger partial charge on any atom is 0.274 e. The second-order valence-corrected chi connectivity index (χ2v) is 7.85. The van der Waals surface area contributed by atoms with Crippen LogP contribution in [0.15, 0.2) is 30.3 Å². The van der Waals surface area contributed by atoms with Gasteiger partial charge in [0.15, 0.2) is 5.69 Å². The highest BCUT2D eigenvalue weighted by Gasteiger charge is 2.24. The van der Waals surface area contributed by atoms with E-state index in [1.807, 2.05) is 44.1 Å². The highest BCUT2D eigenvalue weighted by Crippen LogP contribution is 2.21. The Morgan fingerprint density at radius 1 is 1.36 bits per heavy atom. The van der Waals surface area contributed by atoms with E-state index in [1.54, 1.807) is 11.8 Å². The first-order valence-electron chi connectivity index (χ1n) is 10.1. The molecule has 0 bridgehead atoms. The Labute approximate surface area is 168 Å². The lowest BCUT2D eigenvalue weighted by Gasteiger charge is -2.34. The first kappa shape index (κ1) is 20.4.